The number of hydrogen-bond acceptors (Lipinski definition) is 2. The Morgan fingerprint density at radius 2 is 1.17 bits per heavy atom. The number of aromatic carboxylic acids is 2. The maximum atomic E-state index is 12.2. The second-order valence-electron chi connectivity index (χ2n) is 8.19. The van der Waals surface area contributed by atoms with Crippen molar-refractivity contribution in [3.63, 3.8) is 0 Å². The molecule has 35 heavy (non-hydrogen) atoms. The number of allylic oxidation sites excluding steroid dienone is 4. The van der Waals surface area contributed by atoms with E-state index in [0.29, 0.717) is 0 Å². The van der Waals surface area contributed by atoms with Crippen LogP contribution in [0.1, 0.15) is 72.1 Å². The molecule has 0 aromatic heterocycles. The molecule has 0 heterocycles. The molecule has 0 aliphatic heterocycles. The molecule has 5 rings (SSSR count). The zero-order valence-corrected chi connectivity index (χ0v) is 21.5. The van der Waals surface area contributed by atoms with Gasteiger partial charge in [0.25, 0.3) is 0 Å². The average molecular weight is 537 g/mol. The SMILES string of the molecule is O=C(O)c1ccc(F)cc1.O=C(O)c1ccc(F)cc1.[CH-]1CCCC2=C1CC1=C2CCCC1.[Cl-].[Ti+2]. The first kappa shape index (κ1) is 30.6. The van der Waals surface area contributed by atoms with Crippen LogP contribution < -0.4 is 12.4 Å². The summed E-state index contributed by atoms with van der Waals surface area (Å²) in [6, 6.07) is 9.34. The van der Waals surface area contributed by atoms with Crippen LogP contribution in [0.3, 0.4) is 0 Å². The minimum Gasteiger partial charge on any atom is -1.00 e. The number of benzene rings is 2. The Hall–Kier alpha value is -2.41. The first-order chi connectivity index (χ1) is 15.8. The number of carboxylic acid groups (broad SMARTS) is 2. The van der Waals surface area contributed by atoms with E-state index in [2.05, 4.69) is 6.42 Å². The number of rotatable bonds is 2. The maximum absolute atomic E-state index is 12.2. The van der Waals surface area contributed by atoms with E-state index in [9.17, 15) is 18.4 Å². The number of carboxylic acids is 2. The summed E-state index contributed by atoms with van der Waals surface area (Å²) in [4.78, 5) is 20.4. The third-order valence-corrected chi connectivity index (χ3v) is 5.94. The fourth-order valence-corrected chi connectivity index (χ4v) is 4.30. The summed E-state index contributed by atoms with van der Waals surface area (Å²) in [5, 5.41) is 16.7. The standard InChI is InChI=1S/C13H17.2C7H5FO2.ClH.Ti/c1-3-7-12-10(5-1)9-11-6-2-4-8-13(11)12;2*8-6-3-1-5(2-4-6)7(9)10;;/h5H,1-4,6-9H2;2*1-4H,(H,9,10);1H;/q-1;;;;+2/p-1. The van der Waals surface area contributed by atoms with Crippen molar-refractivity contribution in [3.8, 4) is 0 Å². The molecule has 0 saturated heterocycles. The van der Waals surface area contributed by atoms with Crippen molar-refractivity contribution in [2.24, 2.45) is 0 Å². The van der Waals surface area contributed by atoms with Crippen molar-refractivity contribution < 1.29 is 62.7 Å². The van der Waals surface area contributed by atoms with Gasteiger partial charge in [0, 0.05) is 0 Å². The van der Waals surface area contributed by atoms with Gasteiger partial charge in [0.2, 0.25) is 0 Å². The molecule has 2 aromatic rings. The van der Waals surface area contributed by atoms with Gasteiger partial charge in [0.15, 0.2) is 0 Å². The van der Waals surface area contributed by atoms with Crippen molar-refractivity contribution in [3.05, 3.63) is 100 Å². The van der Waals surface area contributed by atoms with Crippen LogP contribution in [0.5, 0.6) is 0 Å². The van der Waals surface area contributed by atoms with Crippen LogP contribution in [-0.4, -0.2) is 22.2 Å². The Balaban J connectivity index is 0.000000259. The molecule has 3 aliphatic carbocycles. The van der Waals surface area contributed by atoms with Gasteiger partial charge in [-0.3, -0.25) is 0 Å². The molecule has 0 atom stereocenters. The van der Waals surface area contributed by atoms with Crippen LogP contribution in [-0.2, 0) is 21.7 Å². The van der Waals surface area contributed by atoms with Crippen LogP contribution in [0.4, 0.5) is 8.78 Å². The minimum absolute atomic E-state index is 0. The molecular weight excluding hydrogens is 510 g/mol. The molecule has 0 amide bonds. The molecule has 0 bridgehead atoms. The second kappa shape index (κ2) is 14.9. The maximum Gasteiger partial charge on any atom is 2.00 e. The van der Waals surface area contributed by atoms with Crippen molar-refractivity contribution in [2.45, 2.75) is 51.4 Å². The Morgan fingerprint density at radius 1 is 0.714 bits per heavy atom. The van der Waals surface area contributed by atoms with Gasteiger partial charge in [-0.25, -0.2) is 30.4 Å². The molecule has 0 fully saturated rings. The predicted molar refractivity (Wildman–Crippen MR) is 122 cm³/mol. The molecule has 8 heteroatoms. The van der Waals surface area contributed by atoms with Crippen LogP contribution in [0.25, 0.3) is 0 Å². The van der Waals surface area contributed by atoms with E-state index in [0.717, 1.165) is 24.3 Å². The average Bonchev–Trinajstić information content (AvgIpc) is 3.19. The van der Waals surface area contributed by atoms with Gasteiger partial charge in [-0.15, -0.1) is 12.0 Å². The van der Waals surface area contributed by atoms with Crippen LogP contribution in [0.2, 0.25) is 0 Å². The molecule has 3 aliphatic rings. The van der Waals surface area contributed by atoms with E-state index in [1.165, 1.54) is 75.6 Å². The molecule has 0 radical (unpaired) electrons. The van der Waals surface area contributed by atoms with Crippen molar-refractivity contribution in [2.75, 3.05) is 0 Å². The minimum atomic E-state index is -1.04. The Morgan fingerprint density at radius 3 is 1.66 bits per heavy atom. The first-order valence-corrected chi connectivity index (χ1v) is 11.1. The van der Waals surface area contributed by atoms with Gasteiger partial charge in [0.05, 0.1) is 11.1 Å². The summed E-state index contributed by atoms with van der Waals surface area (Å²) in [6.45, 7) is 0. The molecular formula is C27H27ClF2O4Ti. The summed E-state index contributed by atoms with van der Waals surface area (Å²) in [7, 11) is 0. The smallest absolute Gasteiger partial charge is 1.00 e. The zero-order valence-electron chi connectivity index (χ0n) is 19.2. The Kier molecular flexibility index (Phi) is 13.0. The van der Waals surface area contributed by atoms with Crippen molar-refractivity contribution in [1.29, 1.82) is 0 Å². The van der Waals surface area contributed by atoms with Crippen LogP contribution >= 0.6 is 0 Å². The topological polar surface area (TPSA) is 74.6 Å². The molecule has 4 nitrogen and oxygen atoms in total. The quantitative estimate of drug-likeness (QED) is 0.450. The molecule has 0 spiro atoms. The Bertz CT molecular complexity index is 978. The van der Waals surface area contributed by atoms with Gasteiger partial charge in [0.1, 0.15) is 11.6 Å². The first-order valence-electron chi connectivity index (χ1n) is 11.1. The number of carbonyl (C=O) groups is 2. The largest absolute Gasteiger partial charge is 2.00 e. The molecule has 0 saturated carbocycles. The van der Waals surface area contributed by atoms with Gasteiger partial charge in [-0.2, -0.15) is 5.57 Å². The number of fused-ring (bicyclic) bond motifs is 1. The number of hydrogen-bond donors (Lipinski definition) is 2. The third kappa shape index (κ3) is 8.95. The second-order valence-corrected chi connectivity index (χ2v) is 8.19. The van der Waals surface area contributed by atoms with E-state index in [1.807, 2.05) is 0 Å². The third-order valence-electron chi connectivity index (χ3n) is 5.94. The van der Waals surface area contributed by atoms with Crippen LogP contribution in [0.15, 0.2) is 70.8 Å². The fraction of sp³-hybridized carbons (Fsp3) is 0.296. The summed E-state index contributed by atoms with van der Waals surface area (Å²) >= 11 is 0. The normalized spacial score (nSPS) is 15.4. The zero-order chi connectivity index (χ0) is 23.8. The molecule has 0 unspecified atom stereocenters. The van der Waals surface area contributed by atoms with E-state index in [4.69, 9.17) is 10.2 Å². The van der Waals surface area contributed by atoms with Crippen molar-refractivity contribution >= 4 is 11.9 Å². The molecule has 2 N–H and O–H groups in total. The van der Waals surface area contributed by atoms with Crippen LogP contribution in [0, 0.1) is 18.1 Å². The fourth-order valence-electron chi connectivity index (χ4n) is 4.30. The van der Waals surface area contributed by atoms with Gasteiger partial charge >= 0.3 is 33.7 Å². The summed E-state index contributed by atoms with van der Waals surface area (Å²) < 4.78 is 24.3. The number of halogens is 3. The summed E-state index contributed by atoms with van der Waals surface area (Å²) in [5.41, 5.74) is 7.26. The summed E-state index contributed by atoms with van der Waals surface area (Å²) in [6.07, 6.45) is 13.6. The van der Waals surface area contributed by atoms with Gasteiger partial charge < -0.3 is 22.6 Å². The monoisotopic (exact) mass is 536 g/mol. The molecule has 2 aromatic carbocycles. The van der Waals surface area contributed by atoms with Gasteiger partial charge in [-0.05, 0) is 74.2 Å². The van der Waals surface area contributed by atoms with E-state index < -0.39 is 23.6 Å². The predicted octanol–water partition coefficient (Wildman–Crippen LogP) is 3.99. The van der Waals surface area contributed by atoms with Gasteiger partial charge in [-0.1, -0.05) is 24.8 Å². The van der Waals surface area contributed by atoms with Crippen molar-refractivity contribution in [1.82, 2.24) is 0 Å². The Labute approximate surface area is 225 Å². The summed E-state index contributed by atoms with van der Waals surface area (Å²) in [5.74, 6) is -2.94. The molecule has 184 valence electrons. The van der Waals surface area contributed by atoms with E-state index >= 15 is 0 Å². The van der Waals surface area contributed by atoms with E-state index in [-0.39, 0.29) is 45.3 Å². The van der Waals surface area contributed by atoms with E-state index in [1.54, 1.807) is 22.3 Å².